The van der Waals surface area contributed by atoms with Crippen LogP contribution in [0.5, 0.6) is 0 Å². The van der Waals surface area contributed by atoms with Crippen molar-refractivity contribution >= 4 is 11.7 Å². The van der Waals surface area contributed by atoms with E-state index in [0.29, 0.717) is 25.5 Å². The highest BCUT2D eigenvalue weighted by molar-refractivity contribution is 5.90. The van der Waals surface area contributed by atoms with Gasteiger partial charge in [-0.25, -0.2) is 9.18 Å². The van der Waals surface area contributed by atoms with Gasteiger partial charge in [0.15, 0.2) is 0 Å². The maximum absolute atomic E-state index is 13.0. The molecule has 116 valence electrons. The quantitative estimate of drug-likeness (QED) is 0.826. The van der Waals surface area contributed by atoms with E-state index in [1.807, 2.05) is 0 Å². The molecule has 1 aliphatic rings. The Hall–Kier alpha value is -1.83. The Kier molecular flexibility index (Phi) is 4.36. The van der Waals surface area contributed by atoms with Crippen molar-refractivity contribution in [3.63, 3.8) is 0 Å². The number of urea groups is 1. The third-order valence-electron chi connectivity index (χ3n) is 3.38. The van der Waals surface area contributed by atoms with Crippen LogP contribution in [-0.2, 0) is 6.18 Å². The Balaban J connectivity index is 2.21. The van der Waals surface area contributed by atoms with Crippen LogP contribution in [0.3, 0.4) is 0 Å². The third-order valence-corrected chi connectivity index (χ3v) is 3.38. The van der Waals surface area contributed by atoms with Crippen LogP contribution in [0.1, 0.15) is 18.4 Å². The molecule has 2 amide bonds. The SMILES string of the molecule is O=C(Nc1ccc(F)cc1C(F)(F)F)N1CCC[C@@H]1CO. The minimum Gasteiger partial charge on any atom is -0.394 e. The maximum atomic E-state index is 13.0. The van der Waals surface area contributed by atoms with Gasteiger partial charge in [0.05, 0.1) is 23.9 Å². The number of carbonyl (C=O) groups excluding carboxylic acids is 1. The van der Waals surface area contributed by atoms with Crippen LogP contribution in [0.25, 0.3) is 0 Å². The first kappa shape index (κ1) is 15.6. The first-order valence-corrected chi connectivity index (χ1v) is 6.38. The summed E-state index contributed by atoms with van der Waals surface area (Å²) in [4.78, 5) is 13.3. The largest absolute Gasteiger partial charge is 0.418 e. The number of amides is 2. The summed E-state index contributed by atoms with van der Waals surface area (Å²) >= 11 is 0. The second-order valence-electron chi connectivity index (χ2n) is 4.79. The van der Waals surface area contributed by atoms with E-state index in [1.165, 1.54) is 4.90 Å². The van der Waals surface area contributed by atoms with Crippen molar-refractivity contribution < 1.29 is 27.5 Å². The number of alkyl halides is 3. The van der Waals surface area contributed by atoms with Crippen LogP contribution in [0.2, 0.25) is 0 Å². The lowest BCUT2D eigenvalue weighted by atomic mass is 10.1. The molecule has 2 N–H and O–H groups in total. The summed E-state index contributed by atoms with van der Waals surface area (Å²) in [7, 11) is 0. The lowest BCUT2D eigenvalue weighted by molar-refractivity contribution is -0.137. The topological polar surface area (TPSA) is 52.6 Å². The van der Waals surface area contributed by atoms with Crippen molar-refractivity contribution in [3.05, 3.63) is 29.6 Å². The molecule has 1 saturated heterocycles. The van der Waals surface area contributed by atoms with Gasteiger partial charge in [-0.2, -0.15) is 13.2 Å². The van der Waals surface area contributed by atoms with Crippen molar-refractivity contribution in [2.45, 2.75) is 25.1 Å². The van der Waals surface area contributed by atoms with Crippen molar-refractivity contribution in [3.8, 4) is 0 Å². The van der Waals surface area contributed by atoms with Crippen LogP contribution in [0.4, 0.5) is 28.0 Å². The molecule has 4 nitrogen and oxygen atoms in total. The van der Waals surface area contributed by atoms with Gasteiger partial charge in [-0.15, -0.1) is 0 Å². The fourth-order valence-electron chi connectivity index (χ4n) is 2.34. The molecule has 21 heavy (non-hydrogen) atoms. The molecule has 0 unspecified atom stereocenters. The average Bonchev–Trinajstić information content (AvgIpc) is 2.88. The Labute approximate surface area is 118 Å². The number of hydrogen-bond acceptors (Lipinski definition) is 2. The highest BCUT2D eigenvalue weighted by atomic mass is 19.4. The molecule has 0 spiro atoms. The predicted molar refractivity (Wildman–Crippen MR) is 67.2 cm³/mol. The molecule has 0 saturated carbocycles. The first-order chi connectivity index (χ1) is 9.82. The number of carbonyl (C=O) groups is 1. The lowest BCUT2D eigenvalue weighted by Crippen LogP contribution is -2.40. The van der Waals surface area contributed by atoms with E-state index in [2.05, 4.69) is 5.32 Å². The van der Waals surface area contributed by atoms with Crippen LogP contribution < -0.4 is 5.32 Å². The average molecular weight is 306 g/mol. The van der Waals surface area contributed by atoms with Crippen LogP contribution >= 0.6 is 0 Å². The van der Waals surface area contributed by atoms with E-state index >= 15 is 0 Å². The molecule has 1 heterocycles. The Morgan fingerprint density at radius 1 is 1.43 bits per heavy atom. The minimum absolute atomic E-state index is 0.247. The molecule has 1 atom stereocenters. The third kappa shape index (κ3) is 3.44. The summed E-state index contributed by atoms with van der Waals surface area (Å²) in [5.74, 6) is -1.03. The molecule has 1 aliphatic heterocycles. The number of likely N-dealkylation sites (tertiary alicyclic amines) is 1. The number of anilines is 1. The van der Waals surface area contributed by atoms with E-state index in [-0.39, 0.29) is 6.61 Å². The highest BCUT2D eigenvalue weighted by Crippen LogP contribution is 2.35. The monoisotopic (exact) mass is 306 g/mol. The second-order valence-corrected chi connectivity index (χ2v) is 4.79. The number of nitrogens with zero attached hydrogens (tertiary/aromatic N) is 1. The van der Waals surface area contributed by atoms with Gasteiger partial charge in [0.2, 0.25) is 0 Å². The van der Waals surface area contributed by atoms with Crippen LogP contribution in [0, 0.1) is 5.82 Å². The number of aliphatic hydroxyl groups excluding tert-OH is 1. The summed E-state index contributed by atoms with van der Waals surface area (Å²) < 4.78 is 51.5. The molecule has 1 aromatic rings. The molecule has 1 aromatic carbocycles. The van der Waals surface area contributed by atoms with Gasteiger partial charge in [-0.1, -0.05) is 0 Å². The second kappa shape index (κ2) is 5.88. The molecule has 8 heteroatoms. The number of benzene rings is 1. The van der Waals surface area contributed by atoms with E-state index in [0.717, 1.165) is 12.1 Å². The number of rotatable bonds is 2. The summed E-state index contributed by atoms with van der Waals surface area (Å²) in [6.07, 6.45) is -3.50. The van der Waals surface area contributed by atoms with Crippen molar-refractivity contribution in [1.29, 1.82) is 0 Å². The van der Waals surface area contributed by atoms with Gasteiger partial charge < -0.3 is 15.3 Å². The van der Waals surface area contributed by atoms with Gasteiger partial charge in [0, 0.05) is 6.54 Å². The van der Waals surface area contributed by atoms with Crippen LogP contribution in [0.15, 0.2) is 18.2 Å². The lowest BCUT2D eigenvalue weighted by Gasteiger charge is -2.24. The van der Waals surface area contributed by atoms with Gasteiger partial charge in [0.1, 0.15) is 5.82 Å². The molecule has 1 fully saturated rings. The van der Waals surface area contributed by atoms with Crippen LogP contribution in [-0.4, -0.2) is 35.2 Å². The summed E-state index contributed by atoms with van der Waals surface area (Å²) in [5, 5.41) is 11.3. The Bertz CT molecular complexity index is 533. The van der Waals surface area contributed by atoms with E-state index in [4.69, 9.17) is 5.11 Å². The number of nitrogens with one attached hydrogen (secondary N) is 1. The molecule has 2 rings (SSSR count). The summed E-state index contributed by atoms with van der Waals surface area (Å²) in [6, 6.07) is 0.921. The Morgan fingerprint density at radius 2 is 2.14 bits per heavy atom. The van der Waals surface area contributed by atoms with E-state index in [1.54, 1.807) is 0 Å². The zero-order valence-corrected chi connectivity index (χ0v) is 11.0. The molecular formula is C13H14F4N2O2. The van der Waals surface area contributed by atoms with E-state index < -0.39 is 35.3 Å². The predicted octanol–water partition coefficient (Wildman–Crippen LogP) is 2.83. The molecule has 0 aromatic heterocycles. The van der Waals surface area contributed by atoms with Gasteiger partial charge in [-0.05, 0) is 31.0 Å². The smallest absolute Gasteiger partial charge is 0.394 e. The van der Waals surface area contributed by atoms with E-state index in [9.17, 15) is 22.4 Å². The van der Waals surface area contributed by atoms with Gasteiger partial charge in [0.25, 0.3) is 0 Å². The van der Waals surface area contributed by atoms with Crippen molar-refractivity contribution in [2.75, 3.05) is 18.5 Å². The summed E-state index contributed by atoms with van der Waals surface area (Å²) in [5.41, 5.74) is -1.74. The van der Waals surface area contributed by atoms with Gasteiger partial charge >= 0.3 is 12.2 Å². The molecule has 0 aliphatic carbocycles. The molecule has 0 radical (unpaired) electrons. The number of halogens is 4. The highest BCUT2D eigenvalue weighted by Gasteiger charge is 2.35. The number of aliphatic hydroxyl groups is 1. The van der Waals surface area contributed by atoms with Crippen molar-refractivity contribution in [1.82, 2.24) is 4.90 Å². The zero-order chi connectivity index (χ0) is 15.6. The normalized spacial score (nSPS) is 18.9. The first-order valence-electron chi connectivity index (χ1n) is 6.38. The standard InChI is InChI=1S/C13H14F4N2O2/c14-8-3-4-11(10(6-8)13(15,16)17)18-12(21)19-5-1-2-9(19)7-20/h3-4,6,9,20H,1-2,5,7H2,(H,18,21)/t9-/m1/s1. The molecule has 0 bridgehead atoms. The summed E-state index contributed by atoms with van der Waals surface area (Å²) in [6.45, 7) is 0.114. The molecular weight excluding hydrogens is 292 g/mol. The number of hydrogen-bond donors (Lipinski definition) is 2. The Morgan fingerprint density at radius 3 is 2.76 bits per heavy atom. The zero-order valence-electron chi connectivity index (χ0n) is 11.0. The minimum atomic E-state index is -4.77. The fourth-order valence-corrected chi connectivity index (χ4v) is 2.34. The maximum Gasteiger partial charge on any atom is 0.418 e. The van der Waals surface area contributed by atoms with Gasteiger partial charge in [-0.3, -0.25) is 0 Å². The fraction of sp³-hybridized carbons (Fsp3) is 0.462. The van der Waals surface area contributed by atoms with Crippen molar-refractivity contribution in [2.24, 2.45) is 0 Å².